The van der Waals surface area contributed by atoms with E-state index in [0.717, 1.165) is 29.5 Å². The minimum atomic E-state index is 0.845. The summed E-state index contributed by atoms with van der Waals surface area (Å²) >= 11 is 0. The van der Waals surface area contributed by atoms with E-state index in [1.807, 2.05) is 0 Å². The van der Waals surface area contributed by atoms with E-state index < -0.39 is 0 Å². The van der Waals surface area contributed by atoms with E-state index in [-0.39, 0.29) is 0 Å². The van der Waals surface area contributed by atoms with E-state index in [9.17, 15) is 0 Å². The van der Waals surface area contributed by atoms with E-state index in [4.69, 9.17) is 0 Å². The van der Waals surface area contributed by atoms with Gasteiger partial charge in [-0.15, -0.1) is 0 Å². The quantitative estimate of drug-likeness (QED) is 0.824. The Morgan fingerprint density at radius 1 is 1.05 bits per heavy atom. The zero-order valence-corrected chi connectivity index (χ0v) is 11.1. The lowest BCUT2D eigenvalue weighted by atomic mass is 10.0. The van der Waals surface area contributed by atoms with Crippen molar-refractivity contribution < 1.29 is 0 Å². The van der Waals surface area contributed by atoms with Gasteiger partial charge in [0.25, 0.3) is 0 Å². The van der Waals surface area contributed by atoms with Gasteiger partial charge in [0.2, 0.25) is 0 Å². The van der Waals surface area contributed by atoms with Gasteiger partial charge in [-0.2, -0.15) is 0 Å². The predicted octanol–water partition coefficient (Wildman–Crippen LogP) is 3.00. The minimum Gasteiger partial charge on any atom is -0.296 e. The molecule has 1 aromatic heterocycles. The molecule has 2 aromatic rings. The Kier molecular flexibility index (Phi) is 2.73. The van der Waals surface area contributed by atoms with Crippen molar-refractivity contribution in [3.63, 3.8) is 0 Å². The largest absolute Gasteiger partial charge is 0.296 e. The van der Waals surface area contributed by atoms with E-state index in [0.29, 0.717) is 0 Å². The number of nitrogens with zero attached hydrogens (tertiary/aromatic N) is 3. The zero-order valence-electron chi connectivity index (χ0n) is 11.1. The standard InChI is InChI=1S/C16H19N3/c1-2-13-6-9-19(16(13)3-1)11-12-4-5-14-15(10-12)18-8-7-17-14/h4-5,7-8,10,13,16H,1-3,6,9,11H2/t13-,16-/m1/s1. The highest BCUT2D eigenvalue weighted by molar-refractivity contribution is 5.74. The molecule has 2 atom stereocenters. The Hall–Kier alpha value is -1.48. The Labute approximate surface area is 113 Å². The summed E-state index contributed by atoms with van der Waals surface area (Å²) in [6.07, 6.45) is 9.20. The molecule has 1 saturated carbocycles. The van der Waals surface area contributed by atoms with Crippen molar-refractivity contribution in [1.82, 2.24) is 14.9 Å². The van der Waals surface area contributed by atoms with Gasteiger partial charge in [-0.1, -0.05) is 12.5 Å². The normalized spacial score (nSPS) is 26.9. The Balaban J connectivity index is 1.58. The third kappa shape index (κ3) is 2.02. The molecular weight excluding hydrogens is 234 g/mol. The maximum Gasteiger partial charge on any atom is 0.0890 e. The van der Waals surface area contributed by atoms with Crippen molar-refractivity contribution in [3.8, 4) is 0 Å². The van der Waals surface area contributed by atoms with Gasteiger partial charge in [-0.25, -0.2) is 0 Å². The summed E-state index contributed by atoms with van der Waals surface area (Å²) in [5.41, 5.74) is 3.38. The van der Waals surface area contributed by atoms with Gasteiger partial charge in [-0.05, 0) is 49.4 Å². The lowest BCUT2D eigenvalue weighted by Crippen LogP contribution is -2.29. The van der Waals surface area contributed by atoms with Crippen LogP contribution in [0.5, 0.6) is 0 Å². The third-order valence-electron chi connectivity index (χ3n) is 4.79. The number of aromatic nitrogens is 2. The first-order valence-electron chi connectivity index (χ1n) is 7.34. The molecule has 2 aliphatic rings. The second-order valence-electron chi connectivity index (χ2n) is 5.90. The Bertz CT molecular complexity index is 595. The smallest absolute Gasteiger partial charge is 0.0890 e. The fourth-order valence-electron chi connectivity index (χ4n) is 3.87. The molecule has 0 N–H and O–H groups in total. The summed E-state index contributed by atoms with van der Waals surface area (Å²) < 4.78 is 0. The minimum absolute atomic E-state index is 0.845. The zero-order chi connectivity index (χ0) is 12.7. The fourth-order valence-corrected chi connectivity index (χ4v) is 3.87. The predicted molar refractivity (Wildman–Crippen MR) is 75.7 cm³/mol. The van der Waals surface area contributed by atoms with Crippen LogP contribution in [-0.2, 0) is 6.54 Å². The van der Waals surface area contributed by atoms with E-state index in [1.165, 1.54) is 37.8 Å². The SMILES string of the molecule is c1cnc2cc(CN3CC[C@H]4CCC[C@H]43)ccc2n1. The topological polar surface area (TPSA) is 29.0 Å². The molecule has 1 saturated heterocycles. The molecule has 0 bridgehead atoms. The Morgan fingerprint density at radius 2 is 1.95 bits per heavy atom. The summed E-state index contributed by atoms with van der Waals surface area (Å²) in [6.45, 7) is 2.35. The first-order valence-corrected chi connectivity index (χ1v) is 7.34. The van der Waals surface area contributed by atoms with Crippen LogP contribution >= 0.6 is 0 Å². The van der Waals surface area contributed by atoms with Crippen molar-refractivity contribution in [2.45, 2.75) is 38.3 Å². The number of fused-ring (bicyclic) bond motifs is 2. The molecule has 4 rings (SSSR count). The van der Waals surface area contributed by atoms with Crippen LogP contribution < -0.4 is 0 Å². The molecule has 2 heterocycles. The van der Waals surface area contributed by atoms with Crippen molar-refractivity contribution in [2.24, 2.45) is 5.92 Å². The van der Waals surface area contributed by atoms with Gasteiger partial charge in [-0.3, -0.25) is 14.9 Å². The highest BCUT2D eigenvalue weighted by Gasteiger charge is 2.36. The molecule has 3 heteroatoms. The van der Waals surface area contributed by atoms with Crippen LogP contribution in [0.2, 0.25) is 0 Å². The average Bonchev–Trinajstić information content (AvgIpc) is 3.04. The fraction of sp³-hybridized carbons (Fsp3) is 0.500. The first kappa shape index (κ1) is 11.4. The summed E-state index contributed by atoms with van der Waals surface area (Å²) in [5, 5.41) is 0. The molecule has 0 amide bonds. The summed E-state index contributed by atoms with van der Waals surface area (Å²) in [4.78, 5) is 11.4. The van der Waals surface area contributed by atoms with Crippen molar-refractivity contribution in [3.05, 3.63) is 36.2 Å². The Morgan fingerprint density at radius 3 is 2.89 bits per heavy atom. The molecular formula is C16H19N3. The van der Waals surface area contributed by atoms with Gasteiger partial charge in [0, 0.05) is 25.0 Å². The molecule has 0 unspecified atom stereocenters. The van der Waals surface area contributed by atoms with E-state index in [1.54, 1.807) is 12.4 Å². The van der Waals surface area contributed by atoms with Gasteiger partial charge in [0.05, 0.1) is 11.0 Å². The van der Waals surface area contributed by atoms with Crippen LogP contribution in [0.1, 0.15) is 31.2 Å². The van der Waals surface area contributed by atoms with E-state index in [2.05, 4.69) is 33.1 Å². The van der Waals surface area contributed by atoms with Crippen molar-refractivity contribution in [1.29, 1.82) is 0 Å². The highest BCUT2D eigenvalue weighted by atomic mass is 15.2. The molecule has 3 nitrogen and oxygen atoms in total. The third-order valence-corrected chi connectivity index (χ3v) is 4.79. The number of hydrogen-bond acceptors (Lipinski definition) is 3. The van der Waals surface area contributed by atoms with E-state index >= 15 is 0 Å². The summed E-state index contributed by atoms with van der Waals surface area (Å²) in [5.74, 6) is 0.972. The monoisotopic (exact) mass is 253 g/mol. The molecule has 1 aromatic carbocycles. The maximum atomic E-state index is 4.40. The molecule has 1 aliphatic carbocycles. The number of benzene rings is 1. The highest BCUT2D eigenvalue weighted by Crippen LogP contribution is 2.38. The first-order chi connectivity index (χ1) is 9.40. The molecule has 0 radical (unpaired) electrons. The van der Waals surface area contributed by atoms with Gasteiger partial charge >= 0.3 is 0 Å². The van der Waals surface area contributed by atoms with Crippen LogP contribution in [0.4, 0.5) is 0 Å². The number of hydrogen-bond donors (Lipinski definition) is 0. The maximum absolute atomic E-state index is 4.40. The molecule has 1 aliphatic heterocycles. The number of likely N-dealkylation sites (tertiary alicyclic amines) is 1. The van der Waals surface area contributed by atoms with Gasteiger partial charge in [0.15, 0.2) is 0 Å². The lowest BCUT2D eigenvalue weighted by molar-refractivity contribution is 0.233. The molecule has 98 valence electrons. The summed E-state index contributed by atoms with van der Waals surface area (Å²) in [7, 11) is 0. The summed E-state index contributed by atoms with van der Waals surface area (Å²) in [6, 6.07) is 7.35. The van der Waals surface area contributed by atoms with Crippen molar-refractivity contribution >= 4 is 11.0 Å². The van der Waals surface area contributed by atoms with Crippen LogP contribution in [0.15, 0.2) is 30.6 Å². The number of rotatable bonds is 2. The second-order valence-corrected chi connectivity index (χ2v) is 5.90. The second kappa shape index (κ2) is 4.57. The van der Waals surface area contributed by atoms with Crippen LogP contribution in [-0.4, -0.2) is 27.5 Å². The molecule has 19 heavy (non-hydrogen) atoms. The lowest BCUT2D eigenvalue weighted by Gasteiger charge is -2.23. The van der Waals surface area contributed by atoms with Gasteiger partial charge < -0.3 is 0 Å². The van der Waals surface area contributed by atoms with Gasteiger partial charge in [0.1, 0.15) is 0 Å². The van der Waals surface area contributed by atoms with Crippen molar-refractivity contribution in [2.75, 3.05) is 6.54 Å². The molecule has 2 fully saturated rings. The van der Waals surface area contributed by atoms with Crippen LogP contribution in [0, 0.1) is 5.92 Å². The molecule has 0 spiro atoms. The van der Waals surface area contributed by atoms with Crippen LogP contribution in [0.25, 0.3) is 11.0 Å². The average molecular weight is 253 g/mol. The van der Waals surface area contributed by atoms with Crippen LogP contribution in [0.3, 0.4) is 0 Å².